The van der Waals surface area contributed by atoms with Gasteiger partial charge in [-0.3, -0.25) is 0 Å². The first-order valence-corrected chi connectivity index (χ1v) is 5.93. The van der Waals surface area contributed by atoms with Gasteiger partial charge in [-0.05, 0) is 26.7 Å². The van der Waals surface area contributed by atoms with Gasteiger partial charge < -0.3 is 15.6 Å². The van der Waals surface area contributed by atoms with Gasteiger partial charge >= 0.3 is 0 Å². The van der Waals surface area contributed by atoms with E-state index in [0.717, 1.165) is 24.2 Å². The zero-order chi connectivity index (χ0) is 12.8. The molecule has 0 radical (unpaired) electrons. The molecule has 0 spiro atoms. The first kappa shape index (κ1) is 14.1. The summed E-state index contributed by atoms with van der Waals surface area (Å²) in [6.07, 6.45) is 1.52. The van der Waals surface area contributed by atoms with Crippen LogP contribution < -0.4 is 5.73 Å². The van der Waals surface area contributed by atoms with Crippen molar-refractivity contribution in [3.8, 4) is 0 Å². The van der Waals surface area contributed by atoms with Gasteiger partial charge in [0.25, 0.3) is 0 Å². The van der Waals surface area contributed by atoms with Crippen molar-refractivity contribution >= 4 is 0 Å². The summed E-state index contributed by atoms with van der Waals surface area (Å²) in [5, 5.41) is 17.1. The molecular weight excluding hydrogens is 220 g/mol. The van der Waals surface area contributed by atoms with Crippen LogP contribution in [0.15, 0.2) is 0 Å². The van der Waals surface area contributed by atoms with E-state index in [1.165, 1.54) is 0 Å². The average Bonchev–Trinajstić information content (AvgIpc) is 2.78. The van der Waals surface area contributed by atoms with Crippen molar-refractivity contribution in [1.29, 1.82) is 0 Å². The number of methoxy groups -OCH3 is 1. The minimum Gasteiger partial charge on any atom is -0.396 e. The lowest BCUT2D eigenvalue weighted by Gasteiger charge is -2.18. The summed E-state index contributed by atoms with van der Waals surface area (Å²) in [6, 6.07) is 0.183. The Bertz CT molecular complexity index is 340. The second-order valence-corrected chi connectivity index (χ2v) is 4.16. The van der Waals surface area contributed by atoms with Gasteiger partial charge in [0.05, 0.1) is 17.8 Å². The third-order valence-electron chi connectivity index (χ3n) is 2.93. The molecule has 6 heteroatoms. The van der Waals surface area contributed by atoms with Crippen molar-refractivity contribution < 1.29 is 9.84 Å². The molecule has 0 aromatic carbocycles. The Hall–Kier alpha value is -0.980. The van der Waals surface area contributed by atoms with Crippen LogP contribution >= 0.6 is 0 Å². The van der Waals surface area contributed by atoms with Crippen LogP contribution in [0.3, 0.4) is 0 Å². The smallest absolute Gasteiger partial charge is 0.102 e. The zero-order valence-corrected chi connectivity index (χ0v) is 10.8. The molecule has 0 fully saturated rings. The van der Waals surface area contributed by atoms with E-state index in [4.69, 9.17) is 15.6 Å². The van der Waals surface area contributed by atoms with Crippen LogP contribution in [0, 0.1) is 0 Å². The molecule has 2 atom stereocenters. The second-order valence-electron chi connectivity index (χ2n) is 4.16. The Morgan fingerprint density at radius 2 is 2.18 bits per heavy atom. The molecular formula is C11H22N4O2. The average molecular weight is 242 g/mol. The lowest BCUT2D eigenvalue weighted by atomic mass is 10.1. The monoisotopic (exact) mass is 242 g/mol. The summed E-state index contributed by atoms with van der Waals surface area (Å²) in [5.41, 5.74) is 7.35. The molecule has 0 aliphatic heterocycles. The van der Waals surface area contributed by atoms with Crippen LogP contribution in [0.2, 0.25) is 0 Å². The van der Waals surface area contributed by atoms with E-state index in [0.29, 0.717) is 6.54 Å². The lowest BCUT2D eigenvalue weighted by molar-refractivity contribution is 0.108. The van der Waals surface area contributed by atoms with E-state index in [-0.39, 0.29) is 18.8 Å². The van der Waals surface area contributed by atoms with Crippen molar-refractivity contribution in [2.24, 2.45) is 5.73 Å². The molecule has 0 bridgehead atoms. The second kappa shape index (κ2) is 6.68. The topological polar surface area (TPSA) is 86.2 Å². The van der Waals surface area contributed by atoms with Crippen molar-refractivity contribution in [2.75, 3.05) is 13.7 Å². The van der Waals surface area contributed by atoms with Gasteiger partial charge in [0.15, 0.2) is 0 Å². The Kier molecular flexibility index (Phi) is 5.54. The maximum Gasteiger partial charge on any atom is 0.102 e. The maximum atomic E-state index is 8.85. The van der Waals surface area contributed by atoms with Gasteiger partial charge in [-0.15, -0.1) is 5.10 Å². The highest BCUT2D eigenvalue weighted by molar-refractivity contribution is 5.13. The summed E-state index contributed by atoms with van der Waals surface area (Å²) < 4.78 is 7.18. The molecule has 1 aromatic heterocycles. The molecule has 6 nitrogen and oxygen atoms in total. The fourth-order valence-electron chi connectivity index (χ4n) is 1.85. The number of hydrogen-bond donors (Lipinski definition) is 2. The quantitative estimate of drug-likeness (QED) is 0.738. The summed E-state index contributed by atoms with van der Waals surface area (Å²) in [4.78, 5) is 0. The predicted molar refractivity (Wildman–Crippen MR) is 64.4 cm³/mol. The Morgan fingerprint density at radius 1 is 1.47 bits per heavy atom. The minimum atomic E-state index is -0.0832. The Labute approximate surface area is 102 Å². The molecule has 0 aliphatic rings. The zero-order valence-electron chi connectivity index (χ0n) is 10.8. The molecule has 2 unspecified atom stereocenters. The molecule has 17 heavy (non-hydrogen) atoms. The Balaban J connectivity index is 2.94. The van der Waals surface area contributed by atoms with Crippen LogP contribution in [0.1, 0.15) is 50.2 Å². The van der Waals surface area contributed by atoms with Crippen LogP contribution in [0.4, 0.5) is 0 Å². The number of ether oxygens (including phenoxy) is 1. The van der Waals surface area contributed by atoms with Crippen LogP contribution in [-0.2, 0) is 11.3 Å². The van der Waals surface area contributed by atoms with E-state index >= 15 is 0 Å². The third kappa shape index (κ3) is 3.24. The van der Waals surface area contributed by atoms with E-state index in [2.05, 4.69) is 17.2 Å². The lowest BCUT2D eigenvalue weighted by Crippen LogP contribution is -2.15. The SMILES string of the molecule is COC(C)c1c(CN)nnn1C(C)CCCO. The van der Waals surface area contributed by atoms with Gasteiger partial charge in [-0.25, -0.2) is 4.68 Å². The molecule has 0 amide bonds. The van der Waals surface area contributed by atoms with Crippen molar-refractivity contribution in [3.63, 3.8) is 0 Å². The number of rotatable bonds is 7. The van der Waals surface area contributed by atoms with Crippen LogP contribution in [0.25, 0.3) is 0 Å². The number of nitrogens with two attached hydrogens (primary N) is 1. The molecule has 0 saturated heterocycles. The van der Waals surface area contributed by atoms with E-state index in [1.807, 2.05) is 11.6 Å². The van der Waals surface area contributed by atoms with Gasteiger partial charge in [0.1, 0.15) is 5.69 Å². The Morgan fingerprint density at radius 3 is 2.71 bits per heavy atom. The van der Waals surface area contributed by atoms with Crippen LogP contribution in [-0.4, -0.2) is 33.8 Å². The normalized spacial score (nSPS) is 14.9. The summed E-state index contributed by atoms with van der Waals surface area (Å²) >= 11 is 0. The molecule has 0 saturated carbocycles. The fourth-order valence-corrected chi connectivity index (χ4v) is 1.85. The van der Waals surface area contributed by atoms with E-state index in [9.17, 15) is 0 Å². The largest absolute Gasteiger partial charge is 0.396 e. The van der Waals surface area contributed by atoms with Crippen molar-refractivity contribution in [3.05, 3.63) is 11.4 Å². The molecule has 0 aliphatic carbocycles. The van der Waals surface area contributed by atoms with Crippen LogP contribution in [0.5, 0.6) is 0 Å². The first-order chi connectivity index (χ1) is 8.15. The molecule has 1 rings (SSSR count). The molecule has 1 heterocycles. The summed E-state index contributed by atoms with van der Waals surface area (Å²) in [6.45, 7) is 4.55. The van der Waals surface area contributed by atoms with Crippen molar-refractivity contribution in [1.82, 2.24) is 15.0 Å². The predicted octanol–water partition coefficient (Wildman–Crippen LogP) is 0.778. The highest BCUT2D eigenvalue weighted by Gasteiger charge is 2.20. The number of aliphatic hydroxyl groups is 1. The number of aliphatic hydroxyl groups excluding tert-OH is 1. The molecule has 1 aromatic rings. The standard InChI is InChI=1S/C11H22N4O2/c1-8(5-4-6-16)15-11(9(2)17-3)10(7-12)13-14-15/h8-9,16H,4-7,12H2,1-3H3. The van der Waals surface area contributed by atoms with Gasteiger partial charge in [0.2, 0.25) is 0 Å². The number of aromatic nitrogens is 3. The van der Waals surface area contributed by atoms with Gasteiger partial charge in [0, 0.05) is 20.3 Å². The highest BCUT2D eigenvalue weighted by Crippen LogP contribution is 2.23. The number of hydrogen-bond acceptors (Lipinski definition) is 5. The molecule has 98 valence electrons. The minimum absolute atomic E-state index is 0.0832. The number of nitrogens with zero attached hydrogens (tertiary/aromatic N) is 3. The van der Waals surface area contributed by atoms with E-state index < -0.39 is 0 Å². The maximum absolute atomic E-state index is 8.85. The fraction of sp³-hybridized carbons (Fsp3) is 0.818. The highest BCUT2D eigenvalue weighted by atomic mass is 16.5. The summed E-state index contributed by atoms with van der Waals surface area (Å²) in [5.74, 6) is 0. The molecule has 3 N–H and O–H groups in total. The summed E-state index contributed by atoms with van der Waals surface area (Å²) in [7, 11) is 1.65. The van der Waals surface area contributed by atoms with E-state index in [1.54, 1.807) is 7.11 Å². The van der Waals surface area contributed by atoms with Crippen molar-refractivity contribution in [2.45, 2.75) is 45.4 Å². The third-order valence-corrected chi connectivity index (χ3v) is 2.93. The van der Waals surface area contributed by atoms with Gasteiger partial charge in [-0.2, -0.15) is 0 Å². The van der Waals surface area contributed by atoms with Gasteiger partial charge in [-0.1, -0.05) is 5.21 Å². The first-order valence-electron chi connectivity index (χ1n) is 5.93.